The number of thioether (sulfide) groups is 1. The van der Waals surface area contributed by atoms with E-state index in [0.29, 0.717) is 5.75 Å². The second kappa shape index (κ2) is 4.53. The number of benzene rings is 1. The summed E-state index contributed by atoms with van der Waals surface area (Å²) in [4.78, 5) is 10.3. The number of nitro groups is 1. The summed E-state index contributed by atoms with van der Waals surface area (Å²) >= 11 is 1.82. The number of rotatable bonds is 3. The van der Waals surface area contributed by atoms with Crippen LogP contribution in [0.2, 0.25) is 0 Å². The Labute approximate surface area is 91.8 Å². The van der Waals surface area contributed by atoms with E-state index < -0.39 is 4.92 Å². The minimum absolute atomic E-state index is 0.0504. The molecule has 15 heavy (non-hydrogen) atoms. The molecule has 5 heteroatoms. The van der Waals surface area contributed by atoms with Gasteiger partial charge in [-0.25, -0.2) is 0 Å². The molecule has 1 aliphatic heterocycles. The first-order valence-corrected chi connectivity index (χ1v) is 5.90. The molecular weight excluding hydrogens is 214 g/mol. The van der Waals surface area contributed by atoms with Gasteiger partial charge in [-0.1, -0.05) is 12.1 Å². The number of para-hydroxylation sites is 2. The van der Waals surface area contributed by atoms with E-state index in [1.807, 2.05) is 11.8 Å². The van der Waals surface area contributed by atoms with E-state index in [-0.39, 0.29) is 11.8 Å². The van der Waals surface area contributed by atoms with Gasteiger partial charge in [-0.05, 0) is 18.2 Å². The second-order valence-corrected chi connectivity index (χ2v) is 4.48. The fourth-order valence-electron chi connectivity index (χ4n) is 1.49. The molecule has 0 aliphatic carbocycles. The summed E-state index contributed by atoms with van der Waals surface area (Å²) in [6.45, 7) is 0. The van der Waals surface area contributed by atoms with Gasteiger partial charge in [0.15, 0.2) is 5.75 Å². The number of ether oxygens (including phenoxy) is 1. The van der Waals surface area contributed by atoms with Crippen LogP contribution in [0.25, 0.3) is 0 Å². The molecule has 0 aromatic heterocycles. The number of hydrogen-bond acceptors (Lipinski definition) is 4. The highest BCUT2D eigenvalue weighted by atomic mass is 32.2. The Morgan fingerprint density at radius 1 is 1.47 bits per heavy atom. The van der Waals surface area contributed by atoms with Crippen molar-refractivity contribution in [2.75, 3.05) is 11.5 Å². The Bertz CT molecular complexity index is 363. The van der Waals surface area contributed by atoms with Crippen molar-refractivity contribution >= 4 is 17.4 Å². The van der Waals surface area contributed by atoms with Crippen molar-refractivity contribution in [1.29, 1.82) is 0 Å². The van der Waals surface area contributed by atoms with E-state index in [1.54, 1.807) is 18.2 Å². The van der Waals surface area contributed by atoms with Crippen LogP contribution in [-0.4, -0.2) is 22.5 Å². The van der Waals surface area contributed by atoms with Crippen molar-refractivity contribution in [3.05, 3.63) is 34.4 Å². The van der Waals surface area contributed by atoms with Gasteiger partial charge in [-0.15, -0.1) is 0 Å². The molecule has 1 aromatic rings. The molecule has 0 saturated carbocycles. The van der Waals surface area contributed by atoms with E-state index in [4.69, 9.17) is 4.74 Å². The Kier molecular flexibility index (Phi) is 3.11. The molecule has 1 aromatic carbocycles. The zero-order chi connectivity index (χ0) is 10.7. The predicted octanol–water partition coefficient (Wildman–Crippen LogP) is 2.48. The van der Waals surface area contributed by atoms with Crippen molar-refractivity contribution in [1.82, 2.24) is 0 Å². The third-order valence-corrected chi connectivity index (χ3v) is 3.38. The van der Waals surface area contributed by atoms with Crippen molar-refractivity contribution in [2.24, 2.45) is 0 Å². The molecule has 0 bridgehead atoms. The Morgan fingerprint density at radius 2 is 2.27 bits per heavy atom. The van der Waals surface area contributed by atoms with Crippen molar-refractivity contribution in [3.63, 3.8) is 0 Å². The van der Waals surface area contributed by atoms with E-state index in [9.17, 15) is 10.1 Å². The summed E-state index contributed by atoms with van der Waals surface area (Å²) in [5.74, 6) is 2.38. The minimum Gasteiger partial charge on any atom is -0.483 e. The van der Waals surface area contributed by atoms with E-state index in [0.717, 1.165) is 17.9 Å². The molecule has 0 spiro atoms. The molecule has 0 amide bonds. The first-order chi connectivity index (χ1) is 7.27. The van der Waals surface area contributed by atoms with Gasteiger partial charge >= 0.3 is 5.69 Å². The maximum Gasteiger partial charge on any atom is 0.310 e. The number of nitro benzene ring substituents is 1. The third-order valence-electron chi connectivity index (χ3n) is 2.24. The molecular formula is C10H11NO3S. The van der Waals surface area contributed by atoms with Crippen molar-refractivity contribution in [3.8, 4) is 5.75 Å². The topological polar surface area (TPSA) is 52.4 Å². The van der Waals surface area contributed by atoms with Crippen LogP contribution >= 0.6 is 11.8 Å². The largest absolute Gasteiger partial charge is 0.483 e. The van der Waals surface area contributed by atoms with Gasteiger partial charge in [0, 0.05) is 11.8 Å². The molecule has 0 radical (unpaired) electrons. The number of hydrogen-bond donors (Lipinski definition) is 0. The second-order valence-electron chi connectivity index (χ2n) is 3.33. The molecule has 1 atom stereocenters. The summed E-state index contributed by atoms with van der Waals surface area (Å²) < 4.78 is 5.61. The Morgan fingerprint density at radius 3 is 2.93 bits per heavy atom. The van der Waals surface area contributed by atoms with Crippen LogP contribution in [0, 0.1) is 10.1 Å². The molecule has 2 rings (SSSR count). The minimum atomic E-state index is -0.405. The summed E-state index contributed by atoms with van der Waals surface area (Å²) in [5, 5.41) is 10.7. The standard InChI is InChI=1S/C10H11NO3S/c12-11(13)9-3-1-2-4-10(9)14-8-5-6-15-7-8/h1-4,8H,5-7H2. The van der Waals surface area contributed by atoms with Crippen LogP contribution in [0.1, 0.15) is 6.42 Å². The van der Waals surface area contributed by atoms with Crippen LogP contribution in [0.15, 0.2) is 24.3 Å². The van der Waals surface area contributed by atoms with Crippen LogP contribution < -0.4 is 4.74 Å². The lowest BCUT2D eigenvalue weighted by molar-refractivity contribution is -0.386. The fraction of sp³-hybridized carbons (Fsp3) is 0.400. The monoisotopic (exact) mass is 225 g/mol. The lowest BCUT2D eigenvalue weighted by atomic mass is 10.3. The van der Waals surface area contributed by atoms with Crippen LogP contribution in [0.5, 0.6) is 5.75 Å². The molecule has 1 aliphatic rings. The van der Waals surface area contributed by atoms with E-state index in [2.05, 4.69) is 0 Å². The van der Waals surface area contributed by atoms with Crippen molar-refractivity contribution < 1.29 is 9.66 Å². The van der Waals surface area contributed by atoms with Crippen molar-refractivity contribution in [2.45, 2.75) is 12.5 Å². The molecule has 1 unspecified atom stereocenters. The maximum absolute atomic E-state index is 10.7. The van der Waals surface area contributed by atoms with Gasteiger partial charge in [0.1, 0.15) is 6.10 Å². The highest BCUT2D eigenvalue weighted by molar-refractivity contribution is 7.99. The fourth-order valence-corrected chi connectivity index (χ4v) is 2.59. The lowest BCUT2D eigenvalue weighted by Crippen LogP contribution is -2.15. The zero-order valence-electron chi connectivity index (χ0n) is 8.09. The normalized spacial score (nSPS) is 20.1. The van der Waals surface area contributed by atoms with Gasteiger partial charge in [-0.2, -0.15) is 11.8 Å². The van der Waals surface area contributed by atoms with Gasteiger partial charge in [0.05, 0.1) is 4.92 Å². The van der Waals surface area contributed by atoms with E-state index in [1.165, 1.54) is 6.07 Å². The molecule has 80 valence electrons. The van der Waals surface area contributed by atoms with Crippen LogP contribution in [-0.2, 0) is 0 Å². The smallest absolute Gasteiger partial charge is 0.310 e. The molecule has 0 N–H and O–H groups in total. The maximum atomic E-state index is 10.7. The number of nitrogens with zero attached hydrogens (tertiary/aromatic N) is 1. The summed E-state index contributed by atoms with van der Waals surface area (Å²) in [7, 11) is 0. The predicted molar refractivity (Wildman–Crippen MR) is 59.5 cm³/mol. The van der Waals surface area contributed by atoms with Crippen LogP contribution in [0.3, 0.4) is 0 Å². The molecule has 4 nitrogen and oxygen atoms in total. The SMILES string of the molecule is O=[N+]([O-])c1ccccc1OC1CCSC1. The molecule has 1 heterocycles. The Hall–Kier alpha value is -1.23. The van der Waals surface area contributed by atoms with Gasteiger partial charge in [0.2, 0.25) is 0 Å². The highest BCUT2D eigenvalue weighted by Gasteiger charge is 2.21. The highest BCUT2D eigenvalue weighted by Crippen LogP contribution is 2.30. The average molecular weight is 225 g/mol. The lowest BCUT2D eigenvalue weighted by Gasteiger charge is -2.11. The Balaban J connectivity index is 2.15. The van der Waals surface area contributed by atoms with Crippen LogP contribution in [0.4, 0.5) is 5.69 Å². The summed E-state index contributed by atoms with van der Waals surface area (Å²) in [6.07, 6.45) is 1.09. The van der Waals surface area contributed by atoms with Gasteiger partial charge < -0.3 is 4.74 Å². The third kappa shape index (κ3) is 2.41. The quantitative estimate of drug-likeness (QED) is 0.585. The molecule has 1 saturated heterocycles. The van der Waals surface area contributed by atoms with Gasteiger partial charge in [-0.3, -0.25) is 10.1 Å². The summed E-state index contributed by atoms with van der Waals surface area (Å²) in [5.41, 5.74) is 0.0504. The van der Waals surface area contributed by atoms with Gasteiger partial charge in [0.25, 0.3) is 0 Å². The molecule has 1 fully saturated rings. The first kappa shape index (κ1) is 10.3. The average Bonchev–Trinajstić information content (AvgIpc) is 2.71. The van der Waals surface area contributed by atoms with E-state index >= 15 is 0 Å². The first-order valence-electron chi connectivity index (χ1n) is 4.75. The summed E-state index contributed by atoms with van der Waals surface area (Å²) in [6, 6.07) is 6.53. The zero-order valence-corrected chi connectivity index (χ0v) is 8.90.